The Morgan fingerprint density at radius 2 is 2.29 bits per heavy atom. The first-order chi connectivity index (χ1) is 10.0. The number of carboxylic acid groups (broad SMARTS) is 1. The van der Waals surface area contributed by atoms with E-state index in [1.807, 2.05) is 0 Å². The van der Waals surface area contributed by atoms with Crippen molar-refractivity contribution in [2.75, 3.05) is 5.32 Å². The van der Waals surface area contributed by atoms with E-state index in [4.69, 9.17) is 0 Å². The van der Waals surface area contributed by atoms with Crippen LogP contribution in [0.2, 0.25) is 0 Å². The average Bonchev–Trinajstić information content (AvgIpc) is 2.80. The number of nitriles is 1. The maximum absolute atomic E-state index is 11.6. The number of nitrogens with one attached hydrogen (secondary N) is 1. The van der Waals surface area contributed by atoms with Crippen molar-refractivity contribution in [3.63, 3.8) is 0 Å². The van der Waals surface area contributed by atoms with Crippen molar-refractivity contribution in [2.45, 2.75) is 32.6 Å². The molecule has 0 saturated carbocycles. The van der Waals surface area contributed by atoms with Gasteiger partial charge in [0.2, 0.25) is 5.91 Å². The molecule has 2 rings (SSSR count). The van der Waals surface area contributed by atoms with Crippen LogP contribution in [0.5, 0.6) is 0 Å². The number of carboxylic acids is 1. The molecular formula is C15H15N2O3S-. The molecule has 1 amide bonds. The molecule has 1 aromatic rings. The molecule has 1 atom stereocenters. The van der Waals surface area contributed by atoms with E-state index in [2.05, 4.69) is 18.3 Å². The minimum atomic E-state index is -1.43. The molecule has 21 heavy (non-hydrogen) atoms. The number of anilines is 1. The fourth-order valence-electron chi connectivity index (χ4n) is 2.51. The summed E-state index contributed by atoms with van der Waals surface area (Å²) in [5.74, 6) is -1.37. The standard InChI is InChI=1S/C15H16N2O3S/c1-2-9-3-4-10-11(8-16)15(21-12(10)7-9)17-13(18)5-6-14(19)20/h5-6,9H,2-4,7H2,1H3,(H,17,18)(H,19,20)/p-1. The second-order valence-corrected chi connectivity index (χ2v) is 6.08. The van der Waals surface area contributed by atoms with Crippen molar-refractivity contribution in [2.24, 2.45) is 5.92 Å². The molecule has 1 aromatic heterocycles. The number of rotatable bonds is 4. The maximum Gasteiger partial charge on any atom is 0.249 e. The minimum absolute atomic E-state index is 0.507. The predicted molar refractivity (Wildman–Crippen MR) is 77.6 cm³/mol. The number of nitrogens with zero attached hydrogens (tertiary/aromatic N) is 1. The summed E-state index contributed by atoms with van der Waals surface area (Å²) < 4.78 is 0. The van der Waals surface area contributed by atoms with Crippen LogP contribution in [-0.4, -0.2) is 11.9 Å². The summed E-state index contributed by atoms with van der Waals surface area (Å²) in [7, 11) is 0. The molecule has 5 nitrogen and oxygen atoms in total. The van der Waals surface area contributed by atoms with Gasteiger partial charge in [-0.3, -0.25) is 4.79 Å². The molecule has 6 heteroatoms. The molecule has 1 unspecified atom stereocenters. The first-order valence-electron chi connectivity index (χ1n) is 6.79. The Morgan fingerprint density at radius 1 is 1.52 bits per heavy atom. The Labute approximate surface area is 126 Å². The molecule has 0 aromatic carbocycles. The van der Waals surface area contributed by atoms with Crippen LogP contribution >= 0.6 is 11.3 Å². The monoisotopic (exact) mass is 303 g/mol. The highest BCUT2D eigenvalue weighted by atomic mass is 32.1. The van der Waals surface area contributed by atoms with Crippen LogP contribution in [0, 0.1) is 17.2 Å². The summed E-state index contributed by atoms with van der Waals surface area (Å²) in [5, 5.41) is 22.7. The zero-order valence-electron chi connectivity index (χ0n) is 11.6. The highest BCUT2D eigenvalue weighted by molar-refractivity contribution is 7.16. The van der Waals surface area contributed by atoms with E-state index in [1.54, 1.807) is 0 Å². The fourth-order valence-corrected chi connectivity index (χ4v) is 3.82. The lowest BCUT2D eigenvalue weighted by atomic mass is 9.86. The Hall–Kier alpha value is -2.13. The van der Waals surface area contributed by atoms with E-state index in [1.165, 1.54) is 11.3 Å². The number of carbonyl (C=O) groups is 2. The molecule has 0 aliphatic heterocycles. The third kappa shape index (κ3) is 3.50. The van der Waals surface area contributed by atoms with Gasteiger partial charge in [0.25, 0.3) is 0 Å². The van der Waals surface area contributed by atoms with Crippen LogP contribution in [-0.2, 0) is 22.4 Å². The van der Waals surface area contributed by atoms with Gasteiger partial charge in [0.1, 0.15) is 11.1 Å². The molecule has 110 valence electrons. The Kier molecular flexibility index (Phi) is 4.76. The van der Waals surface area contributed by atoms with Crippen molar-refractivity contribution in [3.8, 4) is 6.07 Å². The first-order valence-corrected chi connectivity index (χ1v) is 7.61. The van der Waals surface area contributed by atoms with Gasteiger partial charge in [-0.2, -0.15) is 5.26 Å². The van der Waals surface area contributed by atoms with Crippen molar-refractivity contribution in [1.29, 1.82) is 5.26 Å². The topological polar surface area (TPSA) is 93.0 Å². The Balaban J connectivity index is 2.22. The first kappa shape index (κ1) is 15.3. The van der Waals surface area contributed by atoms with Crippen molar-refractivity contribution in [1.82, 2.24) is 0 Å². The third-order valence-electron chi connectivity index (χ3n) is 3.66. The van der Waals surface area contributed by atoms with Gasteiger partial charge in [-0.15, -0.1) is 11.3 Å². The number of carbonyl (C=O) groups excluding carboxylic acids is 2. The minimum Gasteiger partial charge on any atom is -0.545 e. The van der Waals surface area contributed by atoms with E-state index >= 15 is 0 Å². The third-order valence-corrected chi connectivity index (χ3v) is 4.83. The van der Waals surface area contributed by atoms with Gasteiger partial charge in [0.05, 0.1) is 11.5 Å². The summed E-state index contributed by atoms with van der Waals surface area (Å²) in [6.07, 6.45) is 5.53. The normalized spacial score (nSPS) is 17.2. The lowest BCUT2D eigenvalue weighted by molar-refractivity contribution is -0.297. The molecule has 0 saturated heterocycles. The smallest absolute Gasteiger partial charge is 0.249 e. The molecule has 0 bridgehead atoms. The van der Waals surface area contributed by atoms with Crippen LogP contribution in [0.3, 0.4) is 0 Å². The number of thiophene rings is 1. The molecule has 1 heterocycles. The summed E-state index contributed by atoms with van der Waals surface area (Å²) >= 11 is 1.42. The van der Waals surface area contributed by atoms with Crippen LogP contribution in [0.4, 0.5) is 5.00 Å². The lowest BCUT2D eigenvalue weighted by Crippen LogP contribution is -2.20. The largest absolute Gasteiger partial charge is 0.545 e. The second kappa shape index (κ2) is 6.55. The Morgan fingerprint density at radius 3 is 2.90 bits per heavy atom. The van der Waals surface area contributed by atoms with E-state index < -0.39 is 11.9 Å². The molecule has 1 N–H and O–H groups in total. The predicted octanol–water partition coefficient (Wildman–Crippen LogP) is 1.38. The molecule has 1 aliphatic rings. The fraction of sp³-hybridized carbons (Fsp3) is 0.400. The molecule has 0 fully saturated rings. The van der Waals surface area contributed by atoms with Crippen molar-refractivity contribution >= 4 is 28.2 Å². The number of hydrogen-bond donors (Lipinski definition) is 1. The zero-order chi connectivity index (χ0) is 15.4. The van der Waals surface area contributed by atoms with Gasteiger partial charge in [-0.25, -0.2) is 0 Å². The molecular weight excluding hydrogens is 288 g/mol. The van der Waals surface area contributed by atoms with Gasteiger partial charge >= 0.3 is 0 Å². The number of amides is 1. The van der Waals surface area contributed by atoms with Gasteiger partial charge in [0.15, 0.2) is 0 Å². The molecule has 0 radical (unpaired) electrons. The Bertz CT molecular complexity index is 640. The van der Waals surface area contributed by atoms with E-state index in [-0.39, 0.29) is 0 Å². The van der Waals surface area contributed by atoms with Gasteiger partial charge < -0.3 is 15.2 Å². The summed E-state index contributed by atoms with van der Waals surface area (Å²) in [6.45, 7) is 2.15. The van der Waals surface area contributed by atoms with Crippen LogP contribution in [0.1, 0.15) is 35.8 Å². The van der Waals surface area contributed by atoms with Crippen molar-refractivity contribution < 1.29 is 14.7 Å². The van der Waals surface area contributed by atoms with Crippen molar-refractivity contribution in [3.05, 3.63) is 28.2 Å². The molecule has 1 aliphatic carbocycles. The zero-order valence-corrected chi connectivity index (χ0v) is 12.5. The van der Waals surface area contributed by atoms with Gasteiger partial charge in [-0.1, -0.05) is 13.3 Å². The average molecular weight is 303 g/mol. The molecule has 0 spiro atoms. The number of hydrogen-bond acceptors (Lipinski definition) is 5. The van der Waals surface area contributed by atoms with Crippen LogP contribution in [0.25, 0.3) is 0 Å². The van der Waals surface area contributed by atoms with Gasteiger partial charge in [0, 0.05) is 11.0 Å². The van der Waals surface area contributed by atoms with E-state index in [0.717, 1.165) is 42.2 Å². The summed E-state index contributed by atoms with van der Waals surface area (Å²) in [4.78, 5) is 23.1. The lowest BCUT2D eigenvalue weighted by Gasteiger charge is -2.20. The quantitative estimate of drug-likeness (QED) is 0.850. The summed E-state index contributed by atoms with van der Waals surface area (Å²) in [5.41, 5.74) is 1.55. The highest BCUT2D eigenvalue weighted by Crippen LogP contribution is 2.39. The highest BCUT2D eigenvalue weighted by Gasteiger charge is 2.25. The van der Waals surface area contributed by atoms with E-state index in [0.29, 0.717) is 22.6 Å². The van der Waals surface area contributed by atoms with Crippen LogP contribution < -0.4 is 10.4 Å². The van der Waals surface area contributed by atoms with E-state index in [9.17, 15) is 20.0 Å². The number of fused-ring (bicyclic) bond motifs is 1. The SMILES string of the molecule is CCC1CCc2c(sc(NC(=O)C=CC(=O)[O-])c2C#N)C1. The van der Waals surface area contributed by atoms with Crippen LogP contribution in [0.15, 0.2) is 12.2 Å². The van der Waals surface area contributed by atoms with Gasteiger partial charge in [-0.05, 0) is 36.8 Å². The maximum atomic E-state index is 11.6. The summed E-state index contributed by atoms with van der Waals surface area (Å²) in [6, 6.07) is 2.15. The second-order valence-electron chi connectivity index (χ2n) is 4.98. The number of aliphatic carboxylic acids is 1.